The van der Waals surface area contributed by atoms with Gasteiger partial charge in [-0.1, -0.05) is 24.6 Å². The van der Waals surface area contributed by atoms with Gasteiger partial charge in [-0.05, 0) is 126 Å². The Kier molecular flexibility index (Phi) is 8.45. The predicted molar refractivity (Wildman–Crippen MR) is 156 cm³/mol. The van der Waals surface area contributed by atoms with Gasteiger partial charge in [0.1, 0.15) is 5.78 Å². The first kappa shape index (κ1) is 30.2. The molecule has 0 spiro atoms. The monoisotopic (exact) mass is 570 g/mol. The van der Waals surface area contributed by atoms with Crippen LogP contribution in [-0.4, -0.2) is 53.3 Å². The standard InChI is InChI=1S/C33H50N2O6/c1-20(36)25-8-9-26-24-7-6-22-16-23(10-13-32(22,4)27(24)11-14-33(25,26)5)35-41-19-29(37)34-28(17-30(38)39)21-12-15-40-31(2,3)18-21/h16,21,24-28H,6-15,17-19H2,1-5H3,(H,34,37)(H,38,39)/t21?,24?,25?,26?,27?,28?,32-,33+/m0/s1. The van der Waals surface area contributed by atoms with E-state index in [4.69, 9.17) is 9.57 Å². The molecule has 2 N–H and O–H groups in total. The summed E-state index contributed by atoms with van der Waals surface area (Å²) in [6.45, 7) is 11.0. The van der Waals surface area contributed by atoms with Crippen LogP contribution < -0.4 is 5.32 Å². The molecule has 6 unspecified atom stereocenters. The van der Waals surface area contributed by atoms with Crippen molar-refractivity contribution in [2.75, 3.05) is 13.2 Å². The van der Waals surface area contributed by atoms with E-state index < -0.39 is 12.0 Å². The van der Waals surface area contributed by atoms with Crippen molar-refractivity contribution >= 4 is 23.4 Å². The zero-order chi connectivity index (χ0) is 29.6. The zero-order valence-electron chi connectivity index (χ0n) is 25.7. The van der Waals surface area contributed by atoms with Gasteiger partial charge in [0.15, 0.2) is 6.61 Å². The van der Waals surface area contributed by atoms with E-state index in [1.165, 1.54) is 24.8 Å². The van der Waals surface area contributed by atoms with E-state index in [-0.39, 0.29) is 47.2 Å². The molecule has 5 aliphatic rings. The van der Waals surface area contributed by atoms with E-state index in [1.807, 2.05) is 13.8 Å². The highest BCUT2D eigenvalue weighted by atomic mass is 16.6. The molecule has 8 nitrogen and oxygen atoms in total. The topological polar surface area (TPSA) is 114 Å². The fourth-order valence-corrected chi connectivity index (χ4v) is 9.88. The molecule has 1 heterocycles. The molecule has 0 aromatic heterocycles. The van der Waals surface area contributed by atoms with Crippen LogP contribution in [0.1, 0.15) is 105 Å². The largest absolute Gasteiger partial charge is 0.481 e. The smallest absolute Gasteiger partial charge is 0.305 e. The second-order valence-electron chi connectivity index (χ2n) is 14.8. The van der Waals surface area contributed by atoms with Gasteiger partial charge in [-0.2, -0.15) is 0 Å². The molecule has 8 heteroatoms. The number of allylic oxidation sites excluding steroid dienone is 2. The van der Waals surface area contributed by atoms with Crippen molar-refractivity contribution in [3.05, 3.63) is 11.6 Å². The van der Waals surface area contributed by atoms with Crippen LogP contribution in [0.25, 0.3) is 0 Å². The van der Waals surface area contributed by atoms with Crippen molar-refractivity contribution in [3.8, 4) is 0 Å². The summed E-state index contributed by atoms with van der Waals surface area (Å²) in [5.74, 6) is 1.39. The van der Waals surface area contributed by atoms with Gasteiger partial charge >= 0.3 is 5.97 Å². The molecule has 0 radical (unpaired) electrons. The Morgan fingerprint density at radius 2 is 1.85 bits per heavy atom. The van der Waals surface area contributed by atoms with Crippen LogP contribution in [0.5, 0.6) is 0 Å². The highest BCUT2D eigenvalue weighted by molar-refractivity contribution is 5.96. The lowest BCUT2D eigenvalue weighted by Gasteiger charge is -2.58. The van der Waals surface area contributed by atoms with Crippen LogP contribution in [0.3, 0.4) is 0 Å². The molecule has 1 aliphatic heterocycles. The third-order valence-corrected chi connectivity index (χ3v) is 11.9. The maximum Gasteiger partial charge on any atom is 0.305 e. The summed E-state index contributed by atoms with van der Waals surface area (Å²) in [6, 6.07) is -0.463. The van der Waals surface area contributed by atoms with Gasteiger partial charge in [-0.25, -0.2) is 0 Å². The number of carboxylic acids is 1. The maximum atomic E-state index is 12.7. The van der Waals surface area contributed by atoms with Crippen LogP contribution in [0, 0.1) is 40.4 Å². The Bertz CT molecular complexity index is 1110. The first-order chi connectivity index (χ1) is 19.3. The van der Waals surface area contributed by atoms with Crippen LogP contribution in [0.2, 0.25) is 0 Å². The molecule has 1 amide bonds. The Morgan fingerprint density at radius 3 is 2.56 bits per heavy atom. The van der Waals surface area contributed by atoms with E-state index in [0.717, 1.165) is 44.2 Å². The highest BCUT2D eigenvalue weighted by Crippen LogP contribution is 2.66. The second-order valence-corrected chi connectivity index (χ2v) is 14.8. The SMILES string of the molecule is CC(=O)C1CCC2C3CCC4=CC(=NOCC(=O)NC(CC(=O)O)C5CCOC(C)(C)C5)CC[C@]4(C)C3CC[C@]12C. The Hall–Kier alpha value is -2.22. The van der Waals surface area contributed by atoms with Gasteiger partial charge in [0.2, 0.25) is 0 Å². The molecular weight excluding hydrogens is 520 g/mol. The molecule has 8 atom stereocenters. The van der Waals surface area contributed by atoms with Crippen molar-refractivity contribution < 1.29 is 29.1 Å². The van der Waals surface area contributed by atoms with Gasteiger partial charge < -0.3 is 20.0 Å². The number of ether oxygens (including phenoxy) is 1. The second kappa shape index (κ2) is 11.5. The van der Waals surface area contributed by atoms with Crippen molar-refractivity contribution in [1.29, 1.82) is 0 Å². The third kappa shape index (κ3) is 6.00. The minimum Gasteiger partial charge on any atom is -0.481 e. The number of carbonyl (C=O) groups excluding carboxylic acids is 2. The summed E-state index contributed by atoms with van der Waals surface area (Å²) in [7, 11) is 0. The van der Waals surface area contributed by atoms with Crippen molar-refractivity contribution in [2.24, 2.45) is 45.6 Å². The number of hydrogen-bond acceptors (Lipinski definition) is 6. The van der Waals surface area contributed by atoms with Crippen LogP contribution >= 0.6 is 0 Å². The molecule has 0 aromatic carbocycles. The Balaban J connectivity index is 1.19. The summed E-state index contributed by atoms with van der Waals surface area (Å²) >= 11 is 0. The minimum absolute atomic E-state index is 0.0382. The number of fused-ring (bicyclic) bond motifs is 5. The van der Waals surface area contributed by atoms with Crippen LogP contribution in [0.4, 0.5) is 0 Å². The van der Waals surface area contributed by atoms with Crippen molar-refractivity contribution in [3.63, 3.8) is 0 Å². The van der Waals surface area contributed by atoms with Gasteiger partial charge in [-0.15, -0.1) is 0 Å². The number of aliphatic carboxylic acids is 1. The van der Waals surface area contributed by atoms with Crippen molar-refractivity contribution in [2.45, 2.75) is 117 Å². The molecule has 4 fully saturated rings. The van der Waals surface area contributed by atoms with Gasteiger partial charge in [-0.3, -0.25) is 14.4 Å². The first-order valence-corrected chi connectivity index (χ1v) is 15.9. The molecule has 5 rings (SSSR count). The molecule has 3 saturated carbocycles. The summed E-state index contributed by atoms with van der Waals surface area (Å²) in [6.07, 6.45) is 12.2. The first-order valence-electron chi connectivity index (χ1n) is 15.9. The summed E-state index contributed by atoms with van der Waals surface area (Å²) in [5.41, 5.74) is 2.35. The minimum atomic E-state index is -0.929. The van der Waals surface area contributed by atoms with E-state index in [9.17, 15) is 19.5 Å². The molecule has 1 saturated heterocycles. The number of carbonyl (C=O) groups is 3. The van der Waals surface area contributed by atoms with Crippen molar-refractivity contribution in [1.82, 2.24) is 5.32 Å². The number of amides is 1. The number of ketones is 1. The fraction of sp³-hybridized carbons (Fsp3) is 0.818. The highest BCUT2D eigenvalue weighted by Gasteiger charge is 2.59. The van der Waals surface area contributed by atoms with Crippen LogP contribution in [0.15, 0.2) is 16.8 Å². The molecule has 4 aliphatic carbocycles. The lowest BCUT2D eigenvalue weighted by atomic mass is 9.46. The number of carboxylic acid groups (broad SMARTS) is 1. The number of nitrogens with one attached hydrogen (secondary N) is 1. The number of oxime groups is 1. The van der Waals surface area contributed by atoms with E-state index in [2.05, 4.69) is 30.4 Å². The van der Waals surface area contributed by atoms with E-state index in [0.29, 0.717) is 36.6 Å². The Morgan fingerprint density at radius 1 is 1.07 bits per heavy atom. The quantitative estimate of drug-likeness (QED) is 0.362. The summed E-state index contributed by atoms with van der Waals surface area (Å²) < 4.78 is 5.78. The number of Topliss-reactive ketones (excluding diaryl/α,β-unsaturated/α-hetero) is 1. The molecule has 0 aromatic rings. The van der Waals surface area contributed by atoms with Crippen LogP contribution in [-0.2, 0) is 24.0 Å². The average Bonchev–Trinajstić information content (AvgIpc) is 3.25. The summed E-state index contributed by atoms with van der Waals surface area (Å²) in [4.78, 5) is 42.2. The lowest BCUT2D eigenvalue weighted by Crippen LogP contribution is -2.51. The third-order valence-electron chi connectivity index (χ3n) is 11.9. The van der Waals surface area contributed by atoms with E-state index >= 15 is 0 Å². The normalized spacial score (nSPS) is 39.5. The number of nitrogens with zero attached hydrogens (tertiary/aromatic N) is 1. The molecule has 41 heavy (non-hydrogen) atoms. The summed E-state index contributed by atoms with van der Waals surface area (Å²) in [5, 5.41) is 16.7. The predicted octanol–water partition coefficient (Wildman–Crippen LogP) is 5.69. The average molecular weight is 571 g/mol. The number of hydrogen-bond donors (Lipinski definition) is 2. The Labute approximate surface area is 245 Å². The molecule has 0 bridgehead atoms. The fourth-order valence-electron chi connectivity index (χ4n) is 9.88. The molecular formula is C33H50N2O6. The molecule has 228 valence electrons. The number of rotatable bonds is 8. The zero-order valence-corrected chi connectivity index (χ0v) is 25.7. The van der Waals surface area contributed by atoms with Gasteiger partial charge in [0.25, 0.3) is 5.91 Å². The lowest BCUT2D eigenvalue weighted by molar-refractivity contribution is -0.140. The van der Waals surface area contributed by atoms with Gasteiger partial charge in [0, 0.05) is 18.6 Å². The maximum absolute atomic E-state index is 12.7. The van der Waals surface area contributed by atoms with Gasteiger partial charge in [0.05, 0.1) is 17.7 Å². The van der Waals surface area contributed by atoms with E-state index in [1.54, 1.807) is 6.92 Å².